The van der Waals surface area contributed by atoms with E-state index in [1.54, 1.807) is 0 Å². The van der Waals surface area contributed by atoms with Gasteiger partial charge in [-0.3, -0.25) is 4.98 Å². The molecule has 0 fully saturated rings. The first-order chi connectivity index (χ1) is 9.59. The fraction of sp³-hybridized carbons (Fsp3) is 0.214. The second-order valence-electron chi connectivity index (χ2n) is 4.46. The molecule has 2 aromatic rings. The standard InChI is InChI=1S/C14H9F6N/c1-8-6-9(13(15,16)17)2-4-11(8)12-5-3-10(7-21-12)14(18,19)20/h2-7H,1H3. The van der Waals surface area contributed by atoms with Crippen LogP contribution in [0.15, 0.2) is 36.5 Å². The third kappa shape index (κ3) is 3.34. The largest absolute Gasteiger partial charge is 0.417 e. The third-order valence-corrected chi connectivity index (χ3v) is 2.92. The molecular formula is C14H9F6N. The number of pyridine rings is 1. The molecular weight excluding hydrogens is 296 g/mol. The first kappa shape index (κ1) is 15.3. The van der Waals surface area contributed by atoms with Gasteiger partial charge in [-0.25, -0.2) is 0 Å². The van der Waals surface area contributed by atoms with E-state index in [2.05, 4.69) is 4.98 Å². The van der Waals surface area contributed by atoms with Crippen LogP contribution in [0.2, 0.25) is 0 Å². The molecule has 2 rings (SSSR count). The lowest BCUT2D eigenvalue weighted by Crippen LogP contribution is -2.06. The zero-order valence-corrected chi connectivity index (χ0v) is 10.7. The highest BCUT2D eigenvalue weighted by Gasteiger charge is 2.32. The van der Waals surface area contributed by atoms with E-state index in [1.807, 2.05) is 0 Å². The van der Waals surface area contributed by atoms with Crippen molar-refractivity contribution in [3.05, 3.63) is 53.2 Å². The normalized spacial score (nSPS) is 12.5. The maximum absolute atomic E-state index is 12.5. The zero-order chi connectivity index (χ0) is 15.8. The molecule has 0 aliphatic carbocycles. The SMILES string of the molecule is Cc1cc(C(F)(F)F)ccc1-c1ccc(C(F)(F)F)cn1. The lowest BCUT2D eigenvalue weighted by atomic mass is 10.0. The van der Waals surface area contributed by atoms with Crippen LogP contribution in [0.5, 0.6) is 0 Å². The highest BCUT2D eigenvalue weighted by Crippen LogP contribution is 2.33. The molecule has 1 nitrogen and oxygen atoms in total. The van der Waals surface area contributed by atoms with Crippen LogP contribution in [0.4, 0.5) is 26.3 Å². The summed E-state index contributed by atoms with van der Waals surface area (Å²) in [5.41, 5.74) is -0.880. The van der Waals surface area contributed by atoms with Crippen molar-refractivity contribution in [1.29, 1.82) is 0 Å². The Balaban J connectivity index is 2.39. The minimum atomic E-state index is -4.50. The molecule has 0 N–H and O–H groups in total. The molecule has 0 radical (unpaired) electrons. The van der Waals surface area contributed by atoms with Crippen LogP contribution >= 0.6 is 0 Å². The van der Waals surface area contributed by atoms with E-state index in [9.17, 15) is 26.3 Å². The molecule has 21 heavy (non-hydrogen) atoms. The molecule has 0 saturated heterocycles. The maximum atomic E-state index is 12.5. The molecule has 0 aliphatic rings. The Kier molecular flexibility index (Phi) is 3.69. The highest BCUT2D eigenvalue weighted by atomic mass is 19.4. The fourth-order valence-electron chi connectivity index (χ4n) is 1.85. The monoisotopic (exact) mass is 305 g/mol. The smallest absolute Gasteiger partial charge is 0.256 e. The number of hydrogen-bond acceptors (Lipinski definition) is 1. The van der Waals surface area contributed by atoms with E-state index >= 15 is 0 Å². The first-order valence-electron chi connectivity index (χ1n) is 5.80. The Labute approximate surface area is 116 Å². The van der Waals surface area contributed by atoms with Gasteiger partial charge in [0.25, 0.3) is 0 Å². The molecule has 0 amide bonds. The number of aromatic nitrogens is 1. The van der Waals surface area contributed by atoms with Crippen LogP contribution in [0.3, 0.4) is 0 Å². The number of halogens is 6. The highest BCUT2D eigenvalue weighted by molar-refractivity contribution is 5.64. The molecule has 0 aliphatic heterocycles. The van der Waals surface area contributed by atoms with Crippen molar-refractivity contribution in [1.82, 2.24) is 4.98 Å². The summed E-state index contributed by atoms with van der Waals surface area (Å²) in [6.07, 6.45) is -8.30. The molecule has 7 heteroatoms. The van der Waals surface area contributed by atoms with Gasteiger partial charge in [-0.2, -0.15) is 26.3 Å². The lowest BCUT2D eigenvalue weighted by Gasteiger charge is -2.11. The topological polar surface area (TPSA) is 12.9 Å². The quantitative estimate of drug-likeness (QED) is 0.668. The minimum Gasteiger partial charge on any atom is -0.256 e. The molecule has 1 aromatic carbocycles. The van der Waals surface area contributed by atoms with Crippen LogP contribution in [0, 0.1) is 6.92 Å². The summed E-state index contributed by atoms with van der Waals surface area (Å²) in [5.74, 6) is 0. The van der Waals surface area contributed by atoms with Gasteiger partial charge in [-0.05, 0) is 36.8 Å². The van der Waals surface area contributed by atoms with E-state index in [4.69, 9.17) is 0 Å². The van der Waals surface area contributed by atoms with Gasteiger partial charge in [0, 0.05) is 11.8 Å². The number of nitrogens with zero attached hydrogens (tertiary/aromatic N) is 1. The number of hydrogen-bond donors (Lipinski definition) is 0. The molecule has 112 valence electrons. The second kappa shape index (κ2) is 5.05. The Morgan fingerprint density at radius 2 is 1.38 bits per heavy atom. The van der Waals surface area contributed by atoms with Crippen molar-refractivity contribution >= 4 is 0 Å². The summed E-state index contributed by atoms with van der Waals surface area (Å²) in [6.45, 7) is 1.45. The van der Waals surface area contributed by atoms with E-state index in [-0.39, 0.29) is 11.3 Å². The third-order valence-electron chi connectivity index (χ3n) is 2.92. The van der Waals surface area contributed by atoms with Gasteiger partial charge in [-0.15, -0.1) is 0 Å². The van der Waals surface area contributed by atoms with Crippen molar-refractivity contribution in [2.24, 2.45) is 0 Å². The summed E-state index contributed by atoms with van der Waals surface area (Å²) >= 11 is 0. The Hall–Kier alpha value is -2.05. The van der Waals surface area contributed by atoms with Crippen molar-refractivity contribution < 1.29 is 26.3 Å². The molecule has 0 atom stereocenters. The van der Waals surface area contributed by atoms with Gasteiger partial charge in [-0.1, -0.05) is 6.07 Å². The van der Waals surface area contributed by atoms with Gasteiger partial charge in [0.05, 0.1) is 16.8 Å². The van der Waals surface area contributed by atoms with Gasteiger partial charge in [0.1, 0.15) is 0 Å². The Bertz CT molecular complexity index is 640. The second-order valence-corrected chi connectivity index (χ2v) is 4.46. The Morgan fingerprint density at radius 3 is 1.81 bits per heavy atom. The zero-order valence-electron chi connectivity index (χ0n) is 10.7. The summed E-state index contributed by atoms with van der Waals surface area (Å²) in [7, 11) is 0. The van der Waals surface area contributed by atoms with Crippen molar-refractivity contribution in [2.45, 2.75) is 19.3 Å². The molecule has 0 saturated carbocycles. The van der Waals surface area contributed by atoms with Crippen molar-refractivity contribution in [3.63, 3.8) is 0 Å². The van der Waals surface area contributed by atoms with E-state index in [0.717, 1.165) is 24.3 Å². The number of alkyl halides is 6. The summed E-state index contributed by atoms with van der Waals surface area (Å²) in [4.78, 5) is 3.67. The summed E-state index contributed by atoms with van der Waals surface area (Å²) < 4.78 is 74.9. The van der Waals surface area contributed by atoms with Gasteiger partial charge < -0.3 is 0 Å². The molecule has 1 aromatic heterocycles. The van der Waals surface area contributed by atoms with E-state index < -0.39 is 23.5 Å². The van der Waals surface area contributed by atoms with E-state index in [0.29, 0.717) is 11.8 Å². The number of aryl methyl sites for hydroxylation is 1. The van der Waals surface area contributed by atoms with Crippen LogP contribution in [-0.2, 0) is 12.4 Å². The molecule has 1 heterocycles. The van der Waals surface area contributed by atoms with Crippen LogP contribution in [0.1, 0.15) is 16.7 Å². The van der Waals surface area contributed by atoms with E-state index in [1.165, 1.54) is 13.0 Å². The summed E-state index contributed by atoms with van der Waals surface area (Å²) in [6, 6.07) is 5.00. The van der Waals surface area contributed by atoms with Crippen LogP contribution < -0.4 is 0 Å². The van der Waals surface area contributed by atoms with Crippen molar-refractivity contribution in [3.8, 4) is 11.3 Å². The average molecular weight is 305 g/mol. The Morgan fingerprint density at radius 1 is 0.810 bits per heavy atom. The lowest BCUT2D eigenvalue weighted by molar-refractivity contribution is -0.138. The predicted molar refractivity (Wildman–Crippen MR) is 64.4 cm³/mol. The number of rotatable bonds is 1. The van der Waals surface area contributed by atoms with Gasteiger partial charge >= 0.3 is 12.4 Å². The molecule has 0 unspecified atom stereocenters. The fourth-order valence-corrected chi connectivity index (χ4v) is 1.85. The van der Waals surface area contributed by atoms with Crippen LogP contribution in [-0.4, -0.2) is 4.98 Å². The maximum Gasteiger partial charge on any atom is 0.417 e. The van der Waals surface area contributed by atoms with Gasteiger partial charge in [0.15, 0.2) is 0 Å². The predicted octanol–water partition coefficient (Wildman–Crippen LogP) is 5.09. The van der Waals surface area contributed by atoms with Crippen molar-refractivity contribution in [2.75, 3.05) is 0 Å². The summed E-state index contributed by atoms with van der Waals surface area (Å²) in [5, 5.41) is 0. The van der Waals surface area contributed by atoms with Gasteiger partial charge in [0.2, 0.25) is 0 Å². The molecule has 0 spiro atoms. The average Bonchev–Trinajstić information content (AvgIpc) is 2.36. The van der Waals surface area contributed by atoms with Crippen LogP contribution in [0.25, 0.3) is 11.3 Å². The molecule has 0 bridgehead atoms. The first-order valence-corrected chi connectivity index (χ1v) is 5.80. The minimum absolute atomic E-state index is 0.189. The number of benzene rings is 1.